The molecule has 1 spiro atoms. The maximum atomic E-state index is 12.3. The molecule has 0 aliphatic carbocycles. The van der Waals surface area contributed by atoms with E-state index in [1.54, 1.807) is 0 Å². The summed E-state index contributed by atoms with van der Waals surface area (Å²) in [5.74, 6) is 0.0565. The number of nitrogens with one attached hydrogen (secondary N) is 1. The Balaban J connectivity index is 2.09. The van der Waals surface area contributed by atoms with Crippen molar-refractivity contribution in [2.24, 2.45) is 16.2 Å². The van der Waals surface area contributed by atoms with E-state index in [2.05, 4.69) is 39.9 Å². The summed E-state index contributed by atoms with van der Waals surface area (Å²) in [7, 11) is 0. The van der Waals surface area contributed by atoms with E-state index in [4.69, 9.17) is 4.74 Å². The summed E-state index contributed by atoms with van der Waals surface area (Å²) in [6.07, 6.45) is 3.95. The average Bonchev–Trinajstić information content (AvgIpc) is 2.55. The Hall–Kier alpha value is -0.570. The largest absolute Gasteiger partial charge is 0.461 e. The number of carbonyl (C=O) groups excluding carboxylic acids is 1. The van der Waals surface area contributed by atoms with Crippen molar-refractivity contribution in [2.75, 3.05) is 13.1 Å². The zero-order valence-electron chi connectivity index (χ0n) is 13.1. The van der Waals surface area contributed by atoms with Gasteiger partial charge in [0.2, 0.25) is 0 Å². The fraction of sp³-hybridized carbons (Fsp3) is 0.938. The van der Waals surface area contributed by atoms with Gasteiger partial charge < -0.3 is 10.1 Å². The summed E-state index contributed by atoms with van der Waals surface area (Å²) < 4.78 is 5.80. The van der Waals surface area contributed by atoms with Gasteiger partial charge in [0.05, 0.1) is 5.41 Å². The van der Waals surface area contributed by atoms with E-state index in [1.165, 1.54) is 0 Å². The molecule has 2 rings (SSSR count). The Morgan fingerprint density at radius 3 is 2.32 bits per heavy atom. The molecule has 0 bridgehead atoms. The number of hydrogen-bond donors (Lipinski definition) is 1. The molecule has 110 valence electrons. The molecule has 19 heavy (non-hydrogen) atoms. The van der Waals surface area contributed by atoms with Gasteiger partial charge in [0.25, 0.3) is 0 Å². The number of hydrogen-bond acceptors (Lipinski definition) is 3. The van der Waals surface area contributed by atoms with Gasteiger partial charge in [-0.1, -0.05) is 34.6 Å². The molecular weight excluding hydrogens is 238 g/mol. The predicted octanol–water partition coefficient (Wildman–Crippen LogP) is 3.13. The Kier molecular flexibility index (Phi) is 3.72. The number of rotatable bonds is 2. The average molecular weight is 267 g/mol. The fourth-order valence-electron chi connectivity index (χ4n) is 3.96. The summed E-state index contributed by atoms with van der Waals surface area (Å²) in [6, 6.07) is 0. The van der Waals surface area contributed by atoms with Crippen molar-refractivity contribution in [3.05, 3.63) is 0 Å². The fourth-order valence-corrected chi connectivity index (χ4v) is 3.96. The second-order valence-corrected chi connectivity index (χ2v) is 8.35. The summed E-state index contributed by atoms with van der Waals surface area (Å²) >= 11 is 0. The smallest absolute Gasteiger partial charge is 0.312 e. The molecule has 0 radical (unpaired) electrons. The highest BCUT2D eigenvalue weighted by molar-refractivity contribution is 5.79. The van der Waals surface area contributed by atoms with Crippen LogP contribution in [0.5, 0.6) is 0 Å². The third-order valence-electron chi connectivity index (χ3n) is 4.68. The van der Waals surface area contributed by atoms with Crippen LogP contribution in [0.1, 0.15) is 60.3 Å². The molecule has 2 saturated heterocycles. The third-order valence-corrected chi connectivity index (χ3v) is 4.68. The van der Waals surface area contributed by atoms with Gasteiger partial charge in [-0.3, -0.25) is 4.79 Å². The van der Waals surface area contributed by atoms with Gasteiger partial charge in [0.1, 0.15) is 6.10 Å². The molecule has 0 amide bonds. The molecule has 2 heterocycles. The topological polar surface area (TPSA) is 38.3 Å². The van der Waals surface area contributed by atoms with Gasteiger partial charge in [0.15, 0.2) is 0 Å². The minimum Gasteiger partial charge on any atom is -0.461 e. The van der Waals surface area contributed by atoms with Crippen molar-refractivity contribution in [3.63, 3.8) is 0 Å². The molecule has 2 aliphatic heterocycles. The van der Waals surface area contributed by atoms with Gasteiger partial charge in [-0.15, -0.1) is 0 Å². The van der Waals surface area contributed by atoms with Crippen LogP contribution in [0.25, 0.3) is 0 Å². The normalized spacial score (nSPS) is 27.6. The van der Waals surface area contributed by atoms with Crippen LogP contribution in [0.2, 0.25) is 0 Å². The van der Waals surface area contributed by atoms with Crippen molar-refractivity contribution in [2.45, 2.75) is 66.4 Å². The number of ether oxygens (including phenoxy) is 1. The maximum absolute atomic E-state index is 12.3. The minimum atomic E-state index is -0.189. The lowest BCUT2D eigenvalue weighted by molar-refractivity contribution is -0.153. The SMILES string of the molecule is CC(C)(C)CC(C)(C)C1CC2(CCNCC2)C(=O)O1. The van der Waals surface area contributed by atoms with E-state index in [9.17, 15) is 4.79 Å². The first-order valence-electron chi connectivity index (χ1n) is 7.57. The quantitative estimate of drug-likeness (QED) is 0.781. The second kappa shape index (κ2) is 4.76. The zero-order valence-corrected chi connectivity index (χ0v) is 13.1. The Labute approximate surface area is 117 Å². The second-order valence-electron chi connectivity index (χ2n) is 8.35. The van der Waals surface area contributed by atoms with E-state index in [0.29, 0.717) is 0 Å². The zero-order chi connectivity index (χ0) is 14.3. The van der Waals surface area contributed by atoms with Crippen LogP contribution in [-0.2, 0) is 9.53 Å². The van der Waals surface area contributed by atoms with Crippen LogP contribution in [0.4, 0.5) is 0 Å². The number of cyclic esters (lactones) is 1. The number of carbonyl (C=O) groups is 1. The van der Waals surface area contributed by atoms with Crippen molar-refractivity contribution in [3.8, 4) is 0 Å². The molecule has 3 heteroatoms. The molecule has 2 aliphatic rings. The van der Waals surface area contributed by atoms with Gasteiger partial charge in [-0.2, -0.15) is 0 Å². The maximum Gasteiger partial charge on any atom is 0.312 e. The molecule has 1 N–H and O–H groups in total. The van der Waals surface area contributed by atoms with Crippen molar-refractivity contribution in [1.29, 1.82) is 0 Å². The molecule has 0 aromatic rings. The Morgan fingerprint density at radius 2 is 1.79 bits per heavy atom. The van der Waals surface area contributed by atoms with Gasteiger partial charge in [-0.25, -0.2) is 0 Å². The van der Waals surface area contributed by atoms with Crippen LogP contribution in [0.3, 0.4) is 0 Å². The standard InChI is InChI=1S/C16H29NO2/c1-14(2,3)11-15(4,5)12-10-16(13(18)19-12)6-8-17-9-7-16/h12,17H,6-11H2,1-5H3. The van der Waals surface area contributed by atoms with Gasteiger partial charge in [-0.05, 0) is 37.8 Å². The lowest BCUT2D eigenvalue weighted by Crippen LogP contribution is -2.40. The summed E-state index contributed by atoms with van der Waals surface area (Å²) in [6.45, 7) is 13.2. The third kappa shape index (κ3) is 3.13. The van der Waals surface area contributed by atoms with E-state index < -0.39 is 0 Å². The lowest BCUT2D eigenvalue weighted by atomic mass is 9.68. The van der Waals surface area contributed by atoms with Crippen LogP contribution in [0.15, 0.2) is 0 Å². The molecular formula is C16H29NO2. The van der Waals surface area contributed by atoms with Crippen LogP contribution in [-0.4, -0.2) is 25.2 Å². The van der Waals surface area contributed by atoms with Crippen LogP contribution >= 0.6 is 0 Å². The van der Waals surface area contributed by atoms with Gasteiger partial charge >= 0.3 is 5.97 Å². The van der Waals surface area contributed by atoms with Crippen LogP contribution < -0.4 is 5.32 Å². The molecule has 2 fully saturated rings. The molecule has 0 aromatic carbocycles. The van der Waals surface area contributed by atoms with Crippen molar-refractivity contribution >= 4 is 5.97 Å². The first-order valence-corrected chi connectivity index (χ1v) is 7.57. The Bertz CT molecular complexity index is 348. The molecule has 1 unspecified atom stereocenters. The lowest BCUT2D eigenvalue weighted by Gasteiger charge is -2.37. The number of piperidine rings is 1. The summed E-state index contributed by atoms with van der Waals surface area (Å²) in [5.41, 5.74) is 0.132. The van der Waals surface area contributed by atoms with Gasteiger partial charge in [0, 0.05) is 11.8 Å². The monoisotopic (exact) mass is 267 g/mol. The highest BCUT2D eigenvalue weighted by Crippen LogP contribution is 2.49. The van der Waals surface area contributed by atoms with Crippen molar-refractivity contribution in [1.82, 2.24) is 5.32 Å². The molecule has 3 nitrogen and oxygen atoms in total. The van der Waals surface area contributed by atoms with E-state index in [1.807, 2.05) is 0 Å². The van der Waals surface area contributed by atoms with E-state index >= 15 is 0 Å². The molecule has 0 aromatic heterocycles. The minimum absolute atomic E-state index is 0.0565. The van der Waals surface area contributed by atoms with E-state index in [0.717, 1.165) is 38.8 Å². The number of esters is 1. The van der Waals surface area contributed by atoms with E-state index in [-0.39, 0.29) is 28.3 Å². The van der Waals surface area contributed by atoms with Crippen LogP contribution in [0, 0.1) is 16.2 Å². The summed E-state index contributed by atoms with van der Waals surface area (Å²) in [5, 5.41) is 3.34. The first kappa shape index (κ1) is 14.8. The Morgan fingerprint density at radius 1 is 1.21 bits per heavy atom. The molecule has 0 saturated carbocycles. The highest BCUT2D eigenvalue weighted by atomic mass is 16.6. The predicted molar refractivity (Wildman–Crippen MR) is 76.9 cm³/mol. The highest BCUT2D eigenvalue weighted by Gasteiger charge is 2.53. The summed E-state index contributed by atoms with van der Waals surface area (Å²) in [4.78, 5) is 12.3. The molecule has 1 atom stereocenters. The first-order chi connectivity index (χ1) is 8.65. The van der Waals surface area contributed by atoms with Crippen molar-refractivity contribution < 1.29 is 9.53 Å².